The Morgan fingerprint density at radius 2 is 1.88 bits per heavy atom. The number of rotatable bonds is 6. The molecule has 0 spiro atoms. The molecule has 0 bridgehead atoms. The van der Waals surface area contributed by atoms with E-state index in [2.05, 4.69) is 10.2 Å². The van der Waals surface area contributed by atoms with Crippen LogP contribution in [0, 0.1) is 0 Å². The fourth-order valence-corrected chi connectivity index (χ4v) is 2.95. The van der Waals surface area contributed by atoms with Gasteiger partial charge in [-0.15, -0.1) is 0 Å². The van der Waals surface area contributed by atoms with Crippen molar-refractivity contribution in [2.24, 2.45) is 0 Å². The lowest BCUT2D eigenvalue weighted by atomic mass is 10.0. The maximum absolute atomic E-state index is 12.4. The van der Waals surface area contributed by atoms with Gasteiger partial charge in [0.25, 0.3) is 0 Å². The number of aliphatic carboxylic acids is 1. The predicted octanol–water partition coefficient (Wildman–Crippen LogP) is 1.82. The van der Waals surface area contributed by atoms with E-state index in [1.54, 1.807) is 12.1 Å². The number of carboxylic acids is 1. The molecule has 1 heterocycles. The highest BCUT2D eigenvalue weighted by molar-refractivity contribution is 5.83. The average Bonchev–Trinajstić information content (AvgIpc) is 2.62. The minimum atomic E-state index is -1.01. The topological polar surface area (TPSA) is 78.9 Å². The smallest absolute Gasteiger partial charge is 0.341 e. The third-order valence-electron chi connectivity index (χ3n) is 4.10. The van der Waals surface area contributed by atoms with Crippen LogP contribution in [0.1, 0.15) is 17.2 Å². The van der Waals surface area contributed by atoms with E-state index in [-0.39, 0.29) is 18.6 Å². The Labute approximate surface area is 146 Å². The van der Waals surface area contributed by atoms with Gasteiger partial charge in [0.1, 0.15) is 11.8 Å². The molecule has 6 heteroatoms. The molecule has 2 aromatic rings. The summed E-state index contributed by atoms with van der Waals surface area (Å²) >= 11 is 0. The fourth-order valence-electron chi connectivity index (χ4n) is 2.95. The molecule has 3 rings (SSSR count). The molecular formula is C19H20N2O4. The van der Waals surface area contributed by atoms with Crippen LogP contribution in [0.25, 0.3) is 0 Å². The third-order valence-corrected chi connectivity index (χ3v) is 4.10. The Morgan fingerprint density at radius 3 is 2.56 bits per heavy atom. The molecule has 1 unspecified atom stereocenters. The van der Waals surface area contributed by atoms with Crippen molar-refractivity contribution in [3.63, 3.8) is 0 Å². The van der Waals surface area contributed by atoms with Crippen LogP contribution in [0.3, 0.4) is 0 Å². The molecule has 25 heavy (non-hydrogen) atoms. The molecule has 0 radical (unpaired) electrons. The summed E-state index contributed by atoms with van der Waals surface area (Å²) in [4.78, 5) is 25.0. The molecule has 2 N–H and O–H groups in total. The minimum absolute atomic E-state index is 0.0128. The average molecular weight is 340 g/mol. The lowest BCUT2D eigenvalue weighted by molar-refractivity contribution is -0.139. The van der Waals surface area contributed by atoms with Crippen LogP contribution in [0.5, 0.6) is 5.75 Å². The van der Waals surface area contributed by atoms with E-state index < -0.39 is 5.97 Å². The van der Waals surface area contributed by atoms with Crippen molar-refractivity contribution in [3.8, 4) is 5.75 Å². The van der Waals surface area contributed by atoms with Gasteiger partial charge in [0.2, 0.25) is 5.91 Å². The van der Waals surface area contributed by atoms with Gasteiger partial charge in [-0.05, 0) is 23.3 Å². The van der Waals surface area contributed by atoms with Gasteiger partial charge < -0.3 is 15.2 Å². The number of benzene rings is 2. The number of ether oxygens (including phenoxy) is 1. The van der Waals surface area contributed by atoms with E-state index in [4.69, 9.17) is 9.84 Å². The van der Waals surface area contributed by atoms with Gasteiger partial charge in [0.15, 0.2) is 6.61 Å². The summed E-state index contributed by atoms with van der Waals surface area (Å²) in [7, 11) is 0. The highest BCUT2D eigenvalue weighted by Crippen LogP contribution is 2.25. The predicted molar refractivity (Wildman–Crippen MR) is 92.2 cm³/mol. The number of amides is 1. The summed E-state index contributed by atoms with van der Waals surface area (Å²) in [6.07, 6.45) is 0. The number of carbonyl (C=O) groups excluding carboxylic acids is 1. The molecule has 1 saturated heterocycles. The first-order chi connectivity index (χ1) is 12.1. The number of carboxylic acid groups (broad SMARTS) is 1. The highest BCUT2D eigenvalue weighted by atomic mass is 16.5. The summed E-state index contributed by atoms with van der Waals surface area (Å²) < 4.78 is 5.14. The molecule has 0 saturated carbocycles. The van der Waals surface area contributed by atoms with Crippen LogP contribution in [-0.4, -0.2) is 41.6 Å². The lowest BCUT2D eigenvalue weighted by Gasteiger charge is -2.35. The van der Waals surface area contributed by atoms with Crippen LogP contribution < -0.4 is 10.1 Å². The van der Waals surface area contributed by atoms with Crippen LogP contribution in [0.4, 0.5) is 0 Å². The van der Waals surface area contributed by atoms with Crippen molar-refractivity contribution in [2.75, 3.05) is 19.7 Å². The van der Waals surface area contributed by atoms with Crippen molar-refractivity contribution in [2.45, 2.75) is 12.6 Å². The monoisotopic (exact) mass is 340 g/mol. The maximum atomic E-state index is 12.4. The molecule has 1 amide bonds. The van der Waals surface area contributed by atoms with Crippen LogP contribution >= 0.6 is 0 Å². The fraction of sp³-hybridized carbons (Fsp3) is 0.263. The van der Waals surface area contributed by atoms with Crippen molar-refractivity contribution in [3.05, 3.63) is 65.7 Å². The quantitative estimate of drug-likeness (QED) is 0.839. The van der Waals surface area contributed by atoms with E-state index in [9.17, 15) is 9.59 Å². The van der Waals surface area contributed by atoms with E-state index in [0.717, 1.165) is 17.7 Å². The van der Waals surface area contributed by atoms with E-state index in [1.165, 1.54) is 0 Å². The molecule has 1 atom stereocenters. The number of piperazine rings is 1. The normalized spacial score (nSPS) is 17.8. The maximum Gasteiger partial charge on any atom is 0.341 e. The Balaban J connectivity index is 1.71. The Morgan fingerprint density at radius 1 is 1.16 bits per heavy atom. The van der Waals surface area contributed by atoms with Crippen LogP contribution in [-0.2, 0) is 16.1 Å². The van der Waals surface area contributed by atoms with Gasteiger partial charge in [-0.3, -0.25) is 9.69 Å². The van der Waals surface area contributed by atoms with E-state index in [1.807, 2.05) is 42.5 Å². The summed E-state index contributed by atoms with van der Waals surface area (Å²) in [6.45, 7) is 1.67. The highest BCUT2D eigenvalue weighted by Gasteiger charge is 2.30. The van der Waals surface area contributed by atoms with Crippen molar-refractivity contribution >= 4 is 11.9 Å². The third kappa shape index (κ3) is 4.36. The Hall–Kier alpha value is -2.86. The second-order valence-electron chi connectivity index (χ2n) is 5.90. The zero-order valence-corrected chi connectivity index (χ0v) is 13.7. The molecule has 0 aromatic heterocycles. The first kappa shape index (κ1) is 17.0. The summed E-state index contributed by atoms with van der Waals surface area (Å²) in [5.74, 6) is -0.477. The standard InChI is InChI=1S/C19H20N2O4/c22-17(23)13-25-16-8-6-14(7-9-16)12-21-11-10-20-19(24)18(21)15-4-2-1-3-5-15/h1-9,18H,10-13H2,(H,20,24)(H,22,23). The number of carbonyl (C=O) groups is 2. The molecule has 1 fully saturated rings. The van der Waals surface area contributed by atoms with Crippen LogP contribution in [0.2, 0.25) is 0 Å². The van der Waals surface area contributed by atoms with Gasteiger partial charge >= 0.3 is 5.97 Å². The molecule has 0 aliphatic carbocycles. The van der Waals surface area contributed by atoms with E-state index in [0.29, 0.717) is 18.8 Å². The number of nitrogens with one attached hydrogen (secondary N) is 1. The SMILES string of the molecule is O=C(O)COc1ccc(CN2CCNC(=O)C2c2ccccc2)cc1. The zero-order valence-electron chi connectivity index (χ0n) is 13.7. The van der Waals surface area contributed by atoms with Crippen molar-refractivity contribution in [1.29, 1.82) is 0 Å². The van der Waals surface area contributed by atoms with Crippen molar-refractivity contribution in [1.82, 2.24) is 10.2 Å². The molecule has 6 nitrogen and oxygen atoms in total. The van der Waals surface area contributed by atoms with Gasteiger partial charge in [-0.25, -0.2) is 4.79 Å². The largest absolute Gasteiger partial charge is 0.482 e. The van der Waals surface area contributed by atoms with Gasteiger partial charge in [-0.1, -0.05) is 42.5 Å². The van der Waals surface area contributed by atoms with Gasteiger partial charge in [0, 0.05) is 19.6 Å². The van der Waals surface area contributed by atoms with Gasteiger partial charge in [0.05, 0.1) is 0 Å². The van der Waals surface area contributed by atoms with Gasteiger partial charge in [-0.2, -0.15) is 0 Å². The summed E-state index contributed by atoms with van der Waals surface area (Å²) in [5, 5.41) is 11.6. The Kier molecular flexibility index (Phi) is 5.30. The van der Waals surface area contributed by atoms with Crippen molar-refractivity contribution < 1.29 is 19.4 Å². The molecule has 1 aliphatic heterocycles. The molecular weight excluding hydrogens is 320 g/mol. The first-order valence-corrected chi connectivity index (χ1v) is 8.14. The number of hydrogen-bond acceptors (Lipinski definition) is 4. The molecule has 2 aromatic carbocycles. The van der Waals surface area contributed by atoms with E-state index >= 15 is 0 Å². The second kappa shape index (κ2) is 7.81. The Bertz CT molecular complexity index is 731. The first-order valence-electron chi connectivity index (χ1n) is 8.14. The number of nitrogens with zero attached hydrogens (tertiary/aromatic N) is 1. The zero-order chi connectivity index (χ0) is 17.6. The second-order valence-corrected chi connectivity index (χ2v) is 5.90. The minimum Gasteiger partial charge on any atom is -0.482 e. The molecule has 130 valence electrons. The lowest BCUT2D eigenvalue weighted by Crippen LogP contribution is -2.49. The van der Waals surface area contributed by atoms with Crippen LogP contribution in [0.15, 0.2) is 54.6 Å². The number of hydrogen-bond donors (Lipinski definition) is 2. The summed E-state index contributed by atoms with van der Waals surface area (Å²) in [6, 6.07) is 16.7. The summed E-state index contributed by atoms with van der Waals surface area (Å²) in [5.41, 5.74) is 2.01. The molecule has 1 aliphatic rings.